The molecule has 0 saturated heterocycles. The number of aromatic nitrogens is 1. The monoisotopic (exact) mass is 319 g/mol. The Morgan fingerprint density at radius 2 is 2.26 bits per heavy atom. The van der Waals surface area contributed by atoms with Gasteiger partial charge in [0.2, 0.25) is 5.88 Å². The minimum absolute atomic E-state index is 0.136. The smallest absolute Gasteiger partial charge is 0.289 e. The third-order valence-electron chi connectivity index (χ3n) is 3.67. The first-order valence-electron chi connectivity index (χ1n) is 7.56. The fourth-order valence-corrected chi connectivity index (χ4v) is 2.34. The third kappa shape index (κ3) is 4.00. The molecule has 0 unspecified atom stereocenters. The molecule has 124 valence electrons. The zero-order valence-corrected chi connectivity index (χ0v) is 13.3. The Morgan fingerprint density at radius 1 is 1.48 bits per heavy atom. The lowest BCUT2D eigenvalue weighted by molar-refractivity contribution is -0.127. The van der Waals surface area contributed by atoms with Crippen molar-refractivity contribution in [3.05, 3.63) is 35.2 Å². The third-order valence-corrected chi connectivity index (χ3v) is 3.67. The molecule has 0 aliphatic carbocycles. The van der Waals surface area contributed by atoms with Crippen LogP contribution in [-0.2, 0) is 16.0 Å². The minimum atomic E-state index is -0.488. The van der Waals surface area contributed by atoms with Crippen LogP contribution in [0.1, 0.15) is 19.0 Å². The number of hydrogen-bond acceptors (Lipinski definition) is 5. The largest absolute Gasteiger partial charge is 0.503 e. The lowest BCUT2D eigenvalue weighted by atomic mass is 10.2. The van der Waals surface area contributed by atoms with E-state index in [2.05, 4.69) is 10.3 Å². The molecular weight excluding hydrogens is 298 g/mol. The van der Waals surface area contributed by atoms with E-state index in [1.165, 1.54) is 4.90 Å². The van der Waals surface area contributed by atoms with Gasteiger partial charge in [0.15, 0.2) is 5.76 Å². The second kappa shape index (κ2) is 7.62. The van der Waals surface area contributed by atoms with Crippen LogP contribution >= 0.6 is 0 Å². The number of aryl methyl sites for hydroxylation is 1. The van der Waals surface area contributed by atoms with Gasteiger partial charge in [0.05, 0.1) is 19.2 Å². The second-order valence-electron chi connectivity index (χ2n) is 5.18. The van der Waals surface area contributed by atoms with Crippen molar-refractivity contribution in [3.8, 4) is 5.88 Å². The van der Waals surface area contributed by atoms with E-state index in [0.29, 0.717) is 31.8 Å². The maximum absolute atomic E-state index is 12.0. The number of pyridine rings is 1. The van der Waals surface area contributed by atoms with Crippen molar-refractivity contribution in [2.24, 2.45) is 0 Å². The van der Waals surface area contributed by atoms with Crippen LogP contribution in [0.2, 0.25) is 0 Å². The van der Waals surface area contributed by atoms with Gasteiger partial charge in [0.1, 0.15) is 0 Å². The molecule has 1 aromatic rings. The van der Waals surface area contributed by atoms with Gasteiger partial charge in [-0.15, -0.1) is 0 Å². The van der Waals surface area contributed by atoms with Gasteiger partial charge in [-0.05, 0) is 25.8 Å². The maximum Gasteiger partial charge on any atom is 0.289 e. The molecule has 0 radical (unpaired) electrons. The number of carbonyl (C=O) groups is 2. The summed E-state index contributed by atoms with van der Waals surface area (Å²) in [5.41, 5.74) is 1.02. The van der Waals surface area contributed by atoms with Crippen molar-refractivity contribution in [2.45, 2.75) is 19.8 Å². The summed E-state index contributed by atoms with van der Waals surface area (Å²) < 4.78 is 5.06. The molecule has 2 N–H and O–H groups in total. The Hall–Kier alpha value is -2.57. The Morgan fingerprint density at radius 3 is 2.91 bits per heavy atom. The lowest BCUT2D eigenvalue weighted by Crippen LogP contribution is -2.30. The second-order valence-corrected chi connectivity index (χ2v) is 5.18. The van der Waals surface area contributed by atoms with Gasteiger partial charge in [-0.3, -0.25) is 9.59 Å². The van der Waals surface area contributed by atoms with Gasteiger partial charge in [0, 0.05) is 24.8 Å². The fourth-order valence-electron chi connectivity index (χ4n) is 2.34. The normalized spacial score (nSPS) is 14.3. The molecule has 7 nitrogen and oxygen atoms in total. The van der Waals surface area contributed by atoms with Crippen LogP contribution in [0.4, 0.5) is 0 Å². The van der Waals surface area contributed by atoms with Crippen LogP contribution in [-0.4, -0.2) is 53.5 Å². The van der Waals surface area contributed by atoms with Gasteiger partial charge >= 0.3 is 0 Å². The molecule has 1 aliphatic rings. The summed E-state index contributed by atoms with van der Waals surface area (Å²) in [5.74, 6) is -0.770. The molecule has 0 atom stereocenters. The van der Waals surface area contributed by atoms with E-state index >= 15 is 0 Å². The first-order valence-corrected chi connectivity index (χ1v) is 7.56. The molecule has 0 fully saturated rings. The van der Waals surface area contributed by atoms with Crippen molar-refractivity contribution < 1.29 is 19.4 Å². The molecule has 0 saturated carbocycles. The van der Waals surface area contributed by atoms with Crippen LogP contribution in [0.5, 0.6) is 5.88 Å². The number of rotatable bonds is 7. The number of likely N-dealkylation sites (N-methyl/N-ethyl adjacent to an activating group) is 1. The first kappa shape index (κ1) is 16.8. The number of methoxy groups -OCH3 is 1. The van der Waals surface area contributed by atoms with Crippen LogP contribution in [0.3, 0.4) is 0 Å². The number of amides is 2. The highest BCUT2D eigenvalue weighted by Gasteiger charge is 2.32. The lowest BCUT2D eigenvalue weighted by Gasteiger charge is -2.12. The summed E-state index contributed by atoms with van der Waals surface area (Å²) in [6.45, 7) is 2.85. The number of hydrogen-bond donors (Lipinski definition) is 2. The molecule has 2 rings (SSSR count). The van der Waals surface area contributed by atoms with E-state index in [9.17, 15) is 14.7 Å². The fraction of sp³-hybridized carbons (Fsp3) is 0.438. The Labute approximate surface area is 135 Å². The average Bonchev–Trinajstić information content (AvgIpc) is 2.87. The molecule has 2 amide bonds. The van der Waals surface area contributed by atoms with Crippen molar-refractivity contribution in [2.75, 3.05) is 26.7 Å². The van der Waals surface area contributed by atoms with Gasteiger partial charge in [0.25, 0.3) is 11.8 Å². The predicted molar refractivity (Wildman–Crippen MR) is 84.0 cm³/mol. The molecule has 1 aliphatic heterocycles. The number of aliphatic hydroxyl groups excluding tert-OH is 1. The minimum Gasteiger partial charge on any atom is -0.503 e. The van der Waals surface area contributed by atoms with Crippen LogP contribution in [0.15, 0.2) is 29.5 Å². The van der Waals surface area contributed by atoms with Crippen molar-refractivity contribution in [1.82, 2.24) is 15.2 Å². The van der Waals surface area contributed by atoms with Crippen molar-refractivity contribution >= 4 is 11.8 Å². The van der Waals surface area contributed by atoms with E-state index in [1.54, 1.807) is 20.1 Å². The topological polar surface area (TPSA) is 91.8 Å². The first-order chi connectivity index (χ1) is 11.1. The van der Waals surface area contributed by atoms with Crippen LogP contribution in [0.25, 0.3) is 0 Å². The van der Waals surface area contributed by atoms with Crippen LogP contribution < -0.4 is 10.1 Å². The number of ether oxygens (including phenoxy) is 1. The Kier molecular flexibility index (Phi) is 5.56. The highest BCUT2D eigenvalue weighted by molar-refractivity contribution is 6.06. The van der Waals surface area contributed by atoms with Gasteiger partial charge in [-0.1, -0.05) is 6.07 Å². The van der Waals surface area contributed by atoms with Crippen LogP contribution in [0, 0.1) is 0 Å². The quantitative estimate of drug-likeness (QED) is 0.726. The molecule has 0 spiro atoms. The molecule has 1 aromatic heterocycles. The predicted octanol–water partition coefficient (Wildman–Crippen LogP) is 0.813. The maximum atomic E-state index is 12.0. The Bertz CT molecular complexity index is 628. The molecule has 23 heavy (non-hydrogen) atoms. The number of aliphatic hydroxyl groups is 1. The number of nitrogens with one attached hydrogen (secondary N) is 1. The standard InChI is InChI=1S/C16H21N3O4/c1-3-19-10-12(14(20)16(19)22)15(21)17-9-5-7-11-6-4-8-13(18-11)23-2/h4,6,8,20H,3,5,7,9-10H2,1-2H3,(H,17,21). The number of carbonyl (C=O) groups excluding carboxylic acids is 2. The Balaban J connectivity index is 1.80. The molecule has 0 bridgehead atoms. The summed E-state index contributed by atoms with van der Waals surface area (Å²) in [7, 11) is 1.56. The molecule has 7 heteroatoms. The van der Waals surface area contributed by atoms with Crippen molar-refractivity contribution in [1.29, 1.82) is 0 Å². The van der Waals surface area contributed by atoms with E-state index in [-0.39, 0.29) is 12.1 Å². The summed E-state index contributed by atoms with van der Waals surface area (Å²) in [6, 6.07) is 5.54. The highest BCUT2D eigenvalue weighted by atomic mass is 16.5. The van der Waals surface area contributed by atoms with E-state index in [0.717, 1.165) is 5.69 Å². The highest BCUT2D eigenvalue weighted by Crippen LogP contribution is 2.16. The van der Waals surface area contributed by atoms with Gasteiger partial charge in [-0.2, -0.15) is 0 Å². The number of nitrogens with zero attached hydrogens (tertiary/aromatic N) is 2. The summed E-state index contributed by atoms with van der Waals surface area (Å²) >= 11 is 0. The van der Waals surface area contributed by atoms with E-state index in [1.807, 2.05) is 12.1 Å². The average molecular weight is 319 g/mol. The molecule has 0 aromatic carbocycles. The van der Waals surface area contributed by atoms with Crippen molar-refractivity contribution in [3.63, 3.8) is 0 Å². The molecular formula is C16H21N3O4. The SMILES string of the molecule is CCN1CC(C(=O)NCCCc2cccc(OC)n2)=C(O)C1=O. The summed E-state index contributed by atoms with van der Waals surface area (Å²) in [4.78, 5) is 29.4. The van der Waals surface area contributed by atoms with Gasteiger partial charge < -0.3 is 20.1 Å². The molecule has 2 heterocycles. The van der Waals surface area contributed by atoms with E-state index < -0.39 is 17.6 Å². The summed E-state index contributed by atoms with van der Waals surface area (Å²) in [6.07, 6.45) is 1.40. The summed E-state index contributed by atoms with van der Waals surface area (Å²) in [5, 5.41) is 12.4. The zero-order valence-electron chi connectivity index (χ0n) is 13.3. The zero-order chi connectivity index (χ0) is 16.8. The van der Waals surface area contributed by atoms with E-state index in [4.69, 9.17) is 4.74 Å². The van der Waals surface area contributed by atoms with Gasteiger partial charge in [-0.25, -0.2) is 4.98 Å².